The molecule has 1 fully saturated rings. The minimum Gasteiger partial charge on any atom is -0.317 e. The number of rotatable bonds is 6. The first-order valence-corrected chi connectivity index (χ1v) is 7.68. The third-order valence-electron chi connectivity index (χ3n) is 4.39. The highest BCUT2D eigenvalue weighted by Crippen LogP contribution is 2.38. The molecule has 0 spiro atoms. The molecule has 0 bridgehead atoms. The topological polar surface area (TPSA) is 60.6 Å². The first-order valence-electron chi connectivity index (χ1n) is 7.68. The number of hydrogen-bond donors (Lipinski definition) is 1. The molecule has 2 aromatic heterocycles. The van der Waals surface area contributed by atoms with Gasteiger partial charge in [-0.15, -0.1) is 10.2 Å². The van der Waals surface area contributed by atoms with Crippen LogP contribution in [0.15, 0.2) is 12.4 Å². The average Bonchev–Trinajstić information content (AvgIpc) is 3.11. The molecule has 0 aliphatic heterocycles. The maximum absolute atomic E-state index is 4.39. The second-order valence-corrected chi connectivity index (χ2v) is 6.22. The molecule has 2 aromatic rings. The van der Waals surface area contributed by atoms with E-state index in [0.717, 1.165) is 18.2 Å². The summed E-state index contributed by atoms with van der Waals surface area (Å²) in [4.78, 5) is 0. The molecule has 21 heavy (non-hydrogen) atoms. The van der Waals surface area contributed by atoms with Crippen LogP contribution >= 0.6 is 0 Å². The molecule has 0 radical (unpaired) electrons. The maximum atomic E-state index is 4.39. The fraction of sp³-hybridized carbons (Fsp3) is 0.667. The van der Waals surface area contributed by atoms with Crippen LogP contribution in [0.25, 0.3) is 0 Å². The number of hydrogen-bond acceptors (Lipinski definition) is 4. The largest absolute Gasteiger partial charge is 0.317 e. The van der Waals surface area contributed by atoms with E-state index in [2.05, 4.69) is 59.2 Å². The van der Waals surface area contributed by atoms with Crippen LogP contribution in [0, 0.1) is 6.92 Å². The highest BCUT2D eigenvalue weighted by Gasteiger charge is 2.29. The zero-order valence-corrected chi connectivity index (χ0v) is 13.2. The number of nitrogens with one attached hydrogen (secondary N) is 1. The summed E-state index contributed by atoms with van der Waals surface area (Å²) in [6, 6.07) is 0.611. The van der Waals surface area contributed by atoms with Crippen molar-refractivity contribution in [1.29, 1.82) is 0 Å². The molecular formula is C15H24N6. The molecule has 114 valence electrons. The molecule has 1 saturated carbocycles. The van der Waals surface area contributed by atoms with Gasteiger partial charge in [-0.3, -0.25) is 4.68 Å². The van der Waals surface area contributed by atoms with Gasteiger partial charge in [0.2, 0.25) is 0 Å². The van der Waals surface area contributed by atoms with Crippen LogP contribution in [0.5, 0.6) is 0 Å². The van der Waals surface area contributed by atoms with E-state index in [1.54, 1.807) is 0 Å². The monoisotopic (exact) mass is 288 g/mol. The summed E-state index contributed by atoms with van der Waals surface area (Å²) in [7, 11) is 2.07. The van der Waals surface area contributed by atoms with Crippen molar-refractivity contribution in [2.75, 3.05) is 0 Å². The molecule has 0 aromatic carbocycles. The first-order chi connectivity index (χ1) is 10.1. The molecule has 0 saturated heterocycles. The van der Waals surface area contributed by atoms with E-state index in [1.807, 2.05) is 10.9 Å². The van der Waals surface area contributed by atoms with E-state index in [9.17, 15) is 0 Å². The lowest BCUT2D eigenvalue weighted by Gasteiger charge is -2.21. The lowest BCUT2D eigenvalue weighted by molar-refractivity contribution is 0.360. The molecular weight excluding hydrogens is 264 g/mol. The Kier molecular flexibility index (Phi) is 3.80. The van der Waals surface area contributed by atoms with Crippen molar-refractivity contribution in [3.8, 4) is 0 Å². The van der Waals surface area contributed by atoms with Gasteiger partial charge in [0.1, 0.15) is 11.6 Å². The molecule has 0 unspecified atom stereocenters. The SMILES string of the molecule is Cc1cnn([C@@H](C)[C@H](C)NCc2nnc(C3CC3)n2C)c1. The van der Waals surface area contributed by atoms with Gasteiger partial charge in [0.25, 0.3) is 0 Å². The van der Waals surface area contributed by atoms with Gasteiger partial charge in [0, 0.05) is 25.2 Å². The minimum absolute atomic E-state index is 0.301. The van der Waals surface area contributed by atoms with Crippen molar-refractivity contribution < 1.29 is 0 Å². The van der Waals surface area contributed by atoms with Crippen LogP contribution < -0.4 is 5.32 Å². The molecule has 2 atom stereocenters. The molecule has 2 heterocycles. The summed E-state index contributed by atoms with van der Waals surface area (Å²) in [6.07, 6.45) is 6.49. The van der Waals surface area contributed by atoms with Crippen LogP contribution in [-0.4, -0.2) is 30.6 Å². The van der Waals surface area contributed by atoms with Gasteiger partial charge in [-0.1, -0.05) is 0 Å². The summed E-state index contributed by atoms with van der Waals surface area (Å²) in [5, 5.41) is 16.6. The number of nitrogens with zero attached hydrogens (tertiary/aromatic N) is 5. The quantitative estimate of drug-likeness (QED) is 0.882. The Hall–Kier alpha value is -1.69. The Bertz CT molecular complexity index is 609. The fourth-order valence-corrected chi connectivity index (χ4v) is 2.53. The van der Waals surface area contributed by atoms with E-state index in [4.69, 9.17) is 0 Å². The summed E-state index contributed by atoms with van der Waals surface area (Å²) < 4.78 is 4.15. The predicted molar refractivity (Wildman–Crippen MR) is 81.0 cm³/mol. The van der Waals surface area contributed by atoms with Gasteiger partial charge in [0.05, 0.1) is 18.8 Å². The molecule has 1 N–H and O–H groups in total. The summed E-state index contributed by atoms with van der Waals surface area (Å²) in [5.74, 6) is 2.78. The van der Waals surface area contributed by atoms with Crippen molar-refractivity contribution in [1.82, 2.24) is 29.9 Å². The van der Waals surface area contributed by atoms with Crippen LogP contribution in [0.1, 0.15) is 55.9 Å². The lowest BCUT2D eigenvalue weighted by atomic mass is 10.2. The van der Waals surface area contributed by atoms with Crippen molar-refractivity contribution in [2.45, 2.75) is 58.2 Å². The lowest BCUT2D eigenvalue weighted by Crippen LogP contribution is -2.34. The summed E-state index contributed by atoms with van der Waals surface area (Å²) in [5.41, 5.74) is 1.19. The van der Waals surface area contributed by atoms with E-state index in [-0.39, 0.29) is 0 Å². The second-order valence-electron chi connectivity index (χ2n) is 6.22. The van der Waals surface area contributed by atoms with Crippen LogP contribution in [0.2, 0.25) is 0 Å². The van der Waals surface area contributed by atoms with Gasteiger partial charge in [-0.2, -0.15) is 5.10 Å². The average molecular weight is 288 g/mol. The normalized spacial score (nSPS) is 17.9. The van der Waals surface area contributed by atoms with Crippen molar-refractivity contribution in [3.05, 3.63) is 29.6 Å². The van der Waals surface area contributed by atoms with Crippen molar-refractivity contribution in [2.24, 2.45) is 7.05 Å². The standard InChI is InChI=1S/C15H24N6/c1-10-7-17-21(9-10)12(3)11(2)16-8-14-18-19-15(20(14)4)13-5-6-13/h7,9,11-13,16H,5-6,8H2,1-4H3/t11-,12-/m0/s1. The highest BCUT2D eigenvalue weighted by atomic mass is 15.3. The van der Waals surface area contributed by atoms with E-state index in [1.165, 1.54) is 18.4 Å². The molecule has 1 aliphatic carbocycles. The minimum atomic E-state index is 0.301. The van der Waals surface area contributed by atoms with Crippen LogP contribution in [0.3, 0.4) is 0 Å². The van der Waals surface area contributed by atoms with Crippen molar-refractivity contribution in [3.63, 3.8) is 0 Å². The van der Waals surface area contributed by atoms with Gasteiger partial charge in [-0.25, -0.2) is 0 Å². The summed E-state index contributed by atoms with van der Waals surface area (Å²) >= 11 is 0. The molecule has 1 aliphatic rings. The van der Waals surface area contributed by atoms with E-state index in [0.29, 0.717) is 18.0 Å². The Labute approximate surface area is 125 Å². The van der Waals surface area contributed by atoms with Crippen LogP contribution in [0.4, 0.5) is 0 Å². The first kappa shape index (κ1) is 14.3. The Morgan fingerprint density at radius 2 is 2.10 bits per heavy atom. The predicted octanol–water partition coefficient (Wildman–Crippen LogP) is 1.94. The Balaban J connectivity index is 1.59. The zero-order valence-electron chi connectivity index (χ0n) is 13.2. The smallest absolute Gasteiger partial charge is 0.146 e. The fourth-order valence-electron chi connectivity index (χ4n) is 2.53. The maximum Gasteiger partial charge on any atom is 0.146 e. The van der Waals surface area contributed by atoms with Gasteiger partial charge < -0.3 is 9.88 Å². The Morgan fingerprint density at radius 3 is 2.71 bits per heavy atom. The molecule has 6 nitrogen and oxygen atoms in total. The third-order valence-corrected chi connectivity index (χ3v) is 4.39. The number of aryl methyl sites for hydroxylation is 1. The van der Waals surface area contributed by atoms with Gasteiger partial charge >= 0.3 is 0 Å². The van der Waals surface area contributed by atoms with E-state index >= 15 is 0 Å². The van der Waals surface area contributed by atoms with Gasteiger partial charge in [-0.05, 0) is 39.2 Å². The molecule has 3 rings (SSSR count). The Morgan fingerprint density at radius 1 is 1.33 bits per heavy atom. The number of aromatic nitrogens is 5. The molecule has 0 amide bonds. The third kappa shape index (κ3) is 3.00. The second kappa shape index (κ2) is 5.60. The van der Waals surface area contributed by atoms with Gasteiger partial charge in [0.15, 0.2) is 0 Å². The van der Waals surface area contributed by atoms with E-state index < -0.39 is 0 Å². The van der Waals surface area contributed by atoms with Crippen molar-refractivity contribution >= 4 is 0 Å². The highest BCUT2D eigenvalue weighted by molar-refractivity contribution is 5.07. The summed E-state index contributed by atoms with van der Waals surface area (Å²) in [6.45, 7) is 7.16. The zero-order chi connectivity index (χ0) is 15.0. The van der Waals surface area contributed by atoms with Crippen LogP contribution in [-0.2, 0) is 13.6 Å². The molecule has 6 heteroatoms.